The molecule has 3 nitrogen and oxygen atoms in total. The Labute approximate surface area is 117 Å². The predicted molar refractivity (Wildman–Crippen MR) is 76.6 cm³/mol. The number of Topliss-reactive ketones (excluding diaryl/α,β-unsaturated/α-hetero) is 1. The van der Waals surface area contributed by atoms with Gasteiger partial charge in [-0.2, -0.15) is 0 Å². The first-order valence-electron chi connectivity index (χ1n) is 6.52. The molecule has 0 saturated carbocycles. The number of carbonyl (C=O) groups excluding carboxylic acids is 1. The Balaban J connectivity index is 1.88. The predicted octanol–water partition coefficient (Wildman–Crippen LogP) is 3.10. The summed E-state index contributed by atoms with van der Waals surface area (Å²) in [7, 11) is 1.96. The second kappa shape index (κ2) is 5.21. The molecule has 1 heterocycles. The lowest BCUT2D eigenvalue weighted by atomic mass is 10.0. The van der Waals surface area contributed by atoms with Crippen LogP contribution in [0.15, 0.2) is 41.8 Å². The average molecular weight is 272 g/mol. The van der Waals surface area contributed by atoms with Crippen molar-refractivity contribution in [2.75, 3.05) is 0 Å². The van der Waals surface area contributed by atoms with E-state index >= 15 is 0 Å². The van der Waals surface area contributed by atoms with Gasteiger partial charge < -0.3 is 4.57 Å². The number of imidazole rings is 1. The van der Waals surface area contributed by atoms with Gasteiger partial charge in [0.05, 0.1) is 5.25 Å². The largest absolute Gasteiger partial charge is 0.329 e. The van der Waals surface area contributed by atoms with Crippen molar-refractivity contribution in [3.05, 3.63) is 47.8 Å². The Morgan fingerprint density at radius 3 is 3.00 bits per heavy atom. The van der Waals surface area contributed by atoms with Crippen molar-refractivity contribution in [2.24, 2.45) is 7.05 Å². The first kappa shape index (κ1) is 12.5. The summed E-state index contributed by atoms with van der Waals surface area (Å²) in [4.78, 5) is 16.9. The van der Waals surface area contributed by atoms with Gasteiger partial charge in [0.2, 0.25) is 0 Å². The van der Waals surface area contributed by atoms with Gasteiger partial charge in [-0.05, 0) is 24.8 Å². The van der Waals surface area contributed by atoms with E-state index in [1.807, 2.05) is 36.0 Å². The third-order valence-electron chi connectivity index (χ3n) is 3.51. The maximum atomic E-state index is 12.6. The fraction of sp³-hybridized carbons (Fsp3) is 0.333. The third kappa shape index (κ3) is 2.45. The summed E-state index contributed by atoms with van der Waals surface area (Å²) in [5.74, 6) is 0.251. The van der Waals surface area contributed by atoms with Crippen molar-refractivity contribution in [2.45, 2.75) is 29.7 Å². The minimum atomic E-state index is -0.00949. The standard InChI is InChI=1S/C15H16N2OS/c1-17-10-9-16-15(17)19-13-8-4-6-11-5-2-3-7-12(11)14(13)18/h2-3,5,7,9-10,13H,4,6,8H2,1H3. The highest BCUT2D eigenvalue weighted by atomic mass is 32.2. The van der Waals surface area contributed by atoms with Gasteiger partial charge in [-0.25, -0.2) is 4.98 Å². The Kier molecular flexibility index (Phi) is 3.42. The van der Waals surface area contributed by atoms with Gasteiger partial charge in [0.15, 0.2) is 10.9 Å². The van der Waals surface area contributed by atoms with E-state index < -0.39 is 0 Å². The van der Waals surface area contributed by atoms with Crippen molar-refractivity contribution in [1.82, 2.24) is 9.55 Å². The monoisotopic (exact) mass is 272 g/mol. The molecule has 0 aliphatic heterocycles. The molecule has 4 heteroatoms. The maximum Gasteiger partial charge on any atom is 0.176 e. The maximum absolute atomic E-state index is 12.6. The molecule has 98 valence electrons. The van der Waals surface area contributed by atoms with Crippen molar-refractivity contribution in [3.8, 4) is 0 Å². The molecule has 3 rings (SSSR count). The SMILES string of the molecule is Cn1ccnc1SC1CCCc2ccccc2C1=O. The molecule has 0 spiro atoms. The molecule has 0 fully saturated rings. The number of thioether (sulfide) groups is 1. The van der Waals surface area contributed by atoms with E-state index in [2.05, 4.69) is 11.1 Å². The van der Waals surface area contributed by atoms with E-state index in [1.54, 1.807) is 18.0 Å². The molecule has 2 aromatic rings. The summed E-state index contributed by atoms with van der Waals surface area (Å²) in [6.45, 7) is 0. The number of aryl methyl sites for hydroxylation is 2. The van der Waals surface area contributed by atoms with Gasteiger partial charge in [-0.3, -0.25) is 4.79 Å². The summed E-state index contributed by atoms with van der Waals surface area (Å²) in [6.07, 6.45) is 6.67. The van der Waals surface area contributed by atoms with Gasteiger partial charge in [-0.15, -0.1) is 0 Å². The van der Waals surface area contributed by atoms with Gasteiger partial charge in [-0.1, -0.05) is 36.0 Å². The van der Waals surface area contributed by atoms with Crippen LogP contribution in [-0.2, 0) is 13.5 Å². The Bertz CT molecular complexity index is 606. The summed E-state index contributed by atoms with van der Waals surface area (Å²) in [5.41, 5.74) is 2.09. The van der Waals surface area contributed by atoms with Gasteiger partial charge in [0.1, 0.15) is 0 Å². The first-order valence-corrected chi connectivity index (χ1v) is 7.40. The van der Waals surface area contributed by atoms with Crippen molar-refractivity contribution in [1.29, 1.82) is 0 Å². The minimum absolute atomic E-state index is 0.00949. The lowest BCUT2D eigenvalue weighted by molar-refractivity contribution is 0.0988. The number of carbonyl (C=O) groups is 1. The van der Waals surface area contributed by atoms with Crippen LogP contribution >= 0.6 is 11.8 Å². The Hall–Kier alpha value is -1.55. The second-order valence-corrected chi connectivity index (χ2v) is 6.01. The van der Waals surface area contributed by atoms with E-state index in [0.29, 0.717) is 0 Å². The normalized spacial score (nSPS) is 19.0. The molecule has 1 aromatic heterocycles. The molecular formula is C15H16N2OS. The molecule has 0 amide bonds. The zero-order valence-corrected chi connectivity index (χ0v) is 11.7. The number of rotatable bonds is 2. The molecule has 0 bridgehead atoms. The summed E-state index contributed by atoms with van der Waals surface area (Å²) in [6, 6.07) is 7.99. The number of fused-ring (bicyclic) bond motifs is 1. The number of hydrogen-bond donors (Lipinski definition) is 0. The van der Waals surface area contributed by atoms with E-state index in [0.717, 1.165) is 30.0 Å². The van der Waals surface area contributed by atoms with Crippen LogP contribution in [0.2, 0.25) is 0 Å². The number of benzene rings is 1. The number of hydrogen-bond acceptors (Lipinski definition) is 3. The Morgan fingerprint density at radius 2 is 2.21 bits per heavy atom. The summed E-state index contributed by atoms with van der Waals surface area (Å²) >= 11 is 1.59. The van der Waals surface area contributed by atoms with E-state index in [9.17, 15) is 4.79 Å². The molecule has 1 aromatic carbocycles. The van der Waals surface area contributed by atoms with E-state index in [1.165, 1.54) is 5.56 Å². The average Bonchev–Trinajstić information content (AvgIpc) is 2.75. The van der Waals surface area contributed by atoms with Crippen molar-refractivity contribution < 1.29 is 4.79 Å². The fourth-order valence-corrected chi connectivity index (χ4v) is 3.59. The molecule has 1 atom stereocenters. The van der Waals surface area contributed by atoms with Gasteiger partial charge in [0, 0.05) is 25.0 Å². The molecule has 0 N–H and O–H groups in total. The molecule has 1 aliphatic carbocycles. The van der Waals surface area contributed by atoms with E-state index in [-0.39, 0.29) is 11.0 Å². The van der Waals surface area contributed by atoms with Crippen LogP contribution in [-0.4, -0.2) is 20.6 Å². The summed E-state index contributed by atoms with van der Waals surface area (Å²) < 4.78 is 1.97. The van der Waals surface area contributed by atoms with Crippen LogP contribution in [0.3, 0.4) is 0 Å². The molecular weight excluding hydrogens is 256 g/mol. The van der Waals surface area contributed by atoms with Crippen LogP contribution in [0.1, 0.15) is 28.8 Å². The van der Waals surface area contributed by atoms with Crippen molar-refractivity contribution in [3.63, 3.8) is 0 Å². The van der Waals surface area contributed by atoms with Crippen LogP contribution in [0.4, 0.5) is 0 Å². The number of ketones is 1. The van der Waals surface area contributed by atoms with Gasteiger partial charge >= 0.3 is 0 Å². The smallest absolute Gasteiger partial charge is 0.176 e. The third-order valence-corrected chi connectivity index (χ3v) is 4.85. The molecule has 0 saturated heterocycles. The zero-order chi connectivity index (χ0) is 13.2. The quantitative estimate of drug-likeness (QED) is 0.788. The highest BCUT2D eigenvalue weighted by Gasteiger charge is 2.26. The fourth-order valence-electron chi connectivity index (χ4n) is 2.47. The summed E-state index contributed by atoms with van der Waals surface area (Å²) in [5, 5.41) is 0.905. The lowest BCUT2D eigenvalue weighted by Crippen LogP contribution is -2.17. The Morgan fingerprint density at radius 1 is 1.37 bits per heavy atom. The van der Waals surface area contributed by atoms with E-state index in [4.69, 9.17) is 0 Å². The first-order chi connectivity index (χ1) is 9.25. The highest BCUT2D eigenvalue weighted by Crippen LogP contribution is 2.31. The molecule has 1 aliphatic rings. The van der Waals surface area contributed by atoms with Crippen LogP contribution in [0.5, 0.6) is 0 Å². The zero-order valence-electron chi connectivity index (χ0n) is 10.9. The molecule has 19 heavy (non-hydrogen) atoms. The van der Waals surface area contributed by atoms with Gasteiger partial charge in [0.25, 0.3) is 0 Å². The van der Waals surface area contributed by atoms with Crippen molar-refractivity contribution >= 4 is 17.5 Å². The van der Waals surface area contributed by atoms with Crippen LogP contribution < -0.4 is 0 Å². The second-order valence-electron chi connectivity index (χ2n) is 4.84. The number of nitrogens with zero attached hydrogens (tertiary/aromatic N) is 2. The lowest BCUT2D eigenvalue weighted by Gasteiger charge is -2.12. The number of aromatic nitrogens is 2. The molecule has 0 radical (unpaired) electrons. The topological polar surface area (TPSA) is 34.9 Å². The highest BCUT2D eigenvalue weighted by molar-refractivity contribution is 8.00. The minimum Gasteiger partial charge on any atom is -0.329 e. The van der Waals surface area contributed by atoms with Crippen LogP contribution in [0.25, 0.3) is 0 Å². The molecule has 1 unspecified atom stereocenters. The van der Waals surface area contributed by atoms with Crippen LogP contribution in [0, 0.1) is 0 Å².